The molecule has 3 rings (SSSR count). The fourth-order valence-electron chi connectivity index (χ4n) is 3.67. The van der Waals surface area contributed by atoms with Crippen LogP contribution in [0, 0.1) is 0 Å². The topological polar surface area (TPSA) is 45.7 Å². The van der Waals surface area contributed by atoms with E-state index < -0.39 is 0 Å². The van der Waals surface area contributed by atoms with E-state index in [4.69, 9.17) is 9.72 Å². The molecule has 1 amide bonds. The predicted molar refractivity (Wildman–Crippen MR) is 119 cm³/mol. The molecule has 1 fully saturated rings. The third-order valence-electron chi connectivity index (χ3n) is 5.46. The summed E-state index contributed by atoms with van der Waals surface area (Å²) in [6, 6.07) is 7.99. The molecule has 1 aliphatic heterocycles. The zero-order chi connectivity index (χ0) is 20.5. The Morgan fingerprint density at radius 1 is 1.14 bits per heavy atom. The molecule has 6 heteroatoms. The first-order valence-corrected chi connectivity index (χ1v) is 11.6. The van der Waals surface area contributed by atoms with Crippen molar-refractivity contribution in [1.29, 1.82) is 0 Å². The second kappa shape index (κ2) is 11.3. The summed E-state index contributed by atoms with van der Waals surface area (Å²) in [5.74, 6) is 1.11. The summed E-state index contributed by atoms with van der Waals surface area (Å²) in [5.41, 5.74) is 2.36. The molecule has 2 heterocycles. The van der Waals surface area contributed by atoms with Gasteiger partial charge in [-0.2, -0.15) is 0 Å². The number of aryl methyl sites for hydroxylation is 2. The number of nitrogens with zero attached hydrogens (tertiary/aromatic N) is 3. The number of hydrogen-bond acceptors (Lipinski definition) is 5. The highest BCUT2D eigenvalue weighted by molar-refractivity contribution is 7.09. The first-order valence-electron chi connectivity index (χ1n) is 10.7. The van der Waals surface area contributed by atoms with Crippen LogP contribution in [0.2, 0.25) is 0 Å². The van der Waals surface area contributed by atoms with E-state index in [0.717, 1.165) is 57.7 Å². The minimum atomic E-state index is 0.262. The van der Waals surface area contributed by atoms with Gasteiger partial charge in [-0.3, -0.25) is 9.69 Å². The highest BCUT2D eigenvalue weighted by Crippen LogP contribution is 2.16. The van der Waals surface area contributed by atoms with Crippen LogP contribution in [0.1, 0.15) is 48.9 Å². The smallest absolute Gasteiger partial charge is 0.222 e. The normalized spacial score (nSPS) is 15.3. The summed E-state index contributed by atoms with van der Waals surface area (Å²) in [4.78, 5) is 22.0. The Labute approximate surface area is 178 Å². The van der Waals surface area contributed by atoms with Crippen LogP contribution in [-0.4, -0.2) is 54.0 Å². The van der Waals surface area contributed by atoms with Gasteiger partial charge in [-0.1, -0.05) is 25.5 Å². The highest BCUT2D eigenvalue weighted by Gasteiger charge is 2.19. The summed E-state index contributed by atoms with van der Waals surface area (Å²) in [6.07, 6.45) is 5.90. The molecule has 0 atom stereocenters. The van der Waals surface area contributed by atoms with Crippen LogP contribution in [0.5, 0.6) is 5.75 Å². The molecule has 1 aromatic heterocycles. The van der Waals surface area contributed by atoms with E-state index in [2.05, 4.69) is 17.2 Å². The SMILES string of the molecule is CCCCc1nc(CN2CCCN(C(=O)CCc3ccc(OC)cc3)CC2)cs1. The van der Waals surface area contributed by atoms with Gasteiger partial charge < -0.3 is 9.64 Å². The average Bonchev–Trinajstić information content (AvgIpc) is 3.06. The van der Waals surface area contributed by atoms with Crippen molar-refractivity contribution in [3.05, 3.63) is 45.9 Å². The van der Waals surface area contributed by atoms with Gasteiger partial charge in [0, 0.05) is 44.5 Å². The first kappa shape index (κ1) is 21.8. The van der Waals surface area contributed by atoms with E-state index in [1.165, 1.54) is 29.1 Å². The monoisotopic (exact) mass is 415 g/mol. The molecule has 1 aromatic carbocycles. The van der Waals surface area contributed by atoms with Crippen LogP contribution in [0.4, 0.5) is 0 Å². The molecule has 29 heavy (non-hydrogen) atoms. The molecule has 0 spiro atoms. The maximum Gasteiger partial charge on any atom is 0.222 e. The molecular weight excluding hydrogens is 382 g/mol. The fourth-order valence-corrected chi connectivity index (χ4v) is 4.50. The summed E-state index contributed by atoms with van der Waals surface area (Å²) >= 11 is 1.79. The molecule has 2 aromatic rings. The van der Waals surface area contributed by atoms with E-state index >= 15 is 0 Å². The molecule has 0 unspecified atom stereocenters. The number of rotatable bonds is 9. The number of unbranched alkanes of at least 4 members (excludes halogenated alkanes) is 1. The molecule has 0 N–H and O–H groups in total. The van der Waals surface area contributed by atoms with Gasteiger partial charge in [-0.15, -0.1) is 11.3 Å². The second-order valence-corrected chi connectivity index (χ2v) is 8.64. The maximum atomic E-state index is 12.7. The minimum Gasteiger partial charge on any atom is -0.497 e. The van der Waals surface area contributed by atoms with Gasteiger partial charge in [0.15, 0.2) is 0 Å². The van der Waals surface area contributed by atoms with Crippen molar-refractivity contribution in [2.75, 3.05) is 33.3 Å². The average molecular weight is 416 g/mol. The number of thiazole rings is 1. The van der Waals surface area contributed by atoms with Crippen molar-refractivity contribution in [3.8, 4) is 5.75 Å². The lowest BCUT2D eigenvalue weighted by Gasteiger charge is -2.21. The molecule has 0 aliphatic carbocycles. The van der Waals surface area contributed by atoms with Gasteiger partial charge in [0.1, 0.15) is 5.75 Å². The summed E-state index contributed by atoms with van der Waals surface area (Å²) < 4.78 is 5.19. The fraction of sp³-hybridized carbons (Fsp3) is 0.565. The third kappa shape index (κ3) is 6.82. The van der Waals surface area contributed by atoms with Crippen molar-refractivity contribution in [1.82, 2.24) is 14.8 Å². The standard InChI is InChI=1S/C23H33N3O2S/c1-3-4-6-22-24-20(18-29-22)17-25-13-5-14-26(16-15-25)23(27)12-9-19-7-10-21(28-2)11-8-19/h7-8,10-11,18H,3-6,9,12-17H2,1-2H3. The molecule has 0 radical (unpaired) electrons. The van der Waals surface area contributed by atoms with E-state index in [1.807, 2.05) is 29.2 Å². The number of carbonyl (C=O) groups excluding carboxylic acids is 1. The Bertz CT molecular complexity index is 760. The van der Waals surface area contributed by atoms with Crippen LogP contribution in [0.25, 0.3) is 0 Å². The molecule has 1 saturated heterocycles. The largest absolute Gasteiger partial charge is 0.497 e. The van der Waals surface area contributed by atoms with E-state index in [9.17, 15) is 4.79 Å². The molecule has 0 bridgehead atoms. The van der Waals surface area contributed by atoms with Gasteiger partial charge in [0.05, 0.1) is 17.8 Å². The number of ether oxygens (including phenoxy) is 1. The number of methoxy groups -OCH3 is 1. The molecule has 5 nitrogen and oxygen atoms in total. The minimum absolute atomic E-state index is 0.262. The van der Waals surface area contributed by atoms with E-state index in [-0.39, 0.29) is 5.91 Å². The molecular formula is C23H33N3O2S. The summed E-state index contributed by atoms with van der Waals surface area (Å²) in [6.45, 7) is 6.75. The third-order valence-corrected chi connectivity index (χ3v) is 6.41. The van der Waals surface area contributed by atoms with Crippen LogP contribution < -0.4 is 4.74 Å². The number of benzene rings is 1. The number of carbonyl (C=O) groups is 1. The number of hydrogen-bond donors (Lipinski definition) is 0. The first-order chi connectivity index (χ1) is 14.2. The lowest BCUT2D eigenvalue weighted by molar-refractivity contribution is -0.131. The Morgan fingerprint density at radius 2 is 1.97 bits per heavy atom. The Balaban J connectivity index is 1.43. The van der Waals surface area contributed by atoms with E-state index in [0.29, 0.717) is 6.42 Å². The maximum absolute atomic E-state index is 12.7. The van der Waals surface area contributed by atoms with Gasteiger partial charge in [-0.25, -0.2) is 4.98 Å². The predicted octanol–water partition coefficient (Wildman–Crippen LogP) is 4.16. The second-order valence-electron chi connectivity index (χ2n) is 7.69. The van der Waals surface area contributed by atoms with Gasteiger partial charge >= 0.3 is 0 Å². The Kier molecular flexibility index (Phi) is 8.50. The van der Waals surface area contributed by atoms with Crippen molar-refractivity contribution >= 4 is 17.2 Å². The summed E-state index contributed by atoms with van der Waals surface area (Å²) in [5, 5.41) is 3.46. The van der Waals surface area contributed by atoms with E-state index in [1.54, 1.807) is 18.4 Å². The zero-order valence-corrected chi connectivity index (χ0v) is 18.5. The Hall–Kier alpha value is -1.92. The van der Waals surface area contributed by atoms with Crippen molar-refractivity contribution in [2.45, 2.75) is 52.0 Å². The highest BCUT2D eigenvalue weighted by atomic mass is 32.1. The zero-order valence-electron chi connectivity index (χ0n) is 17.7. The quantitative estimate of drug-likeness (QED) is 0.617. The summed E-state index contributed by atoms with van der Waals surface area (Å²) in [7, 11) is 1.67. The van der Waals surface area contributed by atoms with Gasteiger partial charge in [0.2, 0.25) is 5.91 Å². The lowest BCUT2D eigenvalue weighted by Crippen LogP contribution is -2.35. The van der Waals surface area contributed by atoms with Crippen molar-refractivity contribution in [3.63, 3.8) is 0 Å². The van der Waals surface area contributed by atoms with Crippen LogP contribution in [-0.2, 0) is 24.2 Å². The number of aromatic nitrogens is 1. The van der Waals surface area contributed by atoms with Crippen LogP contribution in [0.15, 0.2) is 29.6 Å². The van der Waals surface area contributed by atoms with Gasteiger partial charge in [-0.05, 0) is 43.4 Å². The Morgan fingerprint density at radius 3 is 2.72 bits per heavy atom. The van der Waals surface area contributed by atoms with Crippen LogP contribution in [0.3, 0.4) is 0 Å². The molecule has 1 aliphatic rings. The molecule has 158 valence electrons. The van der Waals surface area contributed by atoms with Gasteiger partial charge in [0.25, 0.3) is 0 Å². The number of amides is 1. The van der Waals surface area contributed by atoms with Crippen molar-refractivity contribution in [2.24, 2.45) is 0 Å². The molecule has 0 saturated carbocycles. The lowest BCUT2D eigenvalue weighted by atomic mass is 10.1. The van der Waals surface area contributed by atoms with Crippen LogP contribution >= 0.6 is 11.3 Å². The van der Waals surface area contributed by atoms with Crippen molar-refractivity contribution < 1.29 is 9.53 Å².